The number of hydrogen-bond donors (Lipinski definition) is 2. The summed E-state index contributed by atoms with van der Waals surface area (Å²) in [6.45, 7) is 3.55. The van der Waals surface area contributed by atoms with Crippen LogP contribution in [0, 0.1) is 30.6 Å². The van der Waals surface area contributed by atoms with E-state index < -0.39 is 17.8 Å². The van der Waals surface area contributed by atoms with Gasteiger partial charge in [0.15, 0.2) is 5.72 Å². The van der Waals surface area contributed by atoms with Crippen molar-refractivity contribution in [2.75, 3.05) is 20.2 Å². The van der Waals surface area contributed by atoms with Crippen molar-refractivity contribution in [1.29, 1.82) is 0 Å². The fourth-order valence-corrected chi connectivity index (χ4v) is 8.69. The number of nitrogens with one attached hydrogen (secondary N) is 1. The molecule has 8 nitrogen and oxygen atoms in total. The summed E-state index contributed by atoms with van der Waals surface area (Å²) in [5.41, 5.74) is 3.32. The number of benzene rings is 2. The predicted molar refractivity (Wildman–Crippen MR) is 184 cm³/mol. The number of halogens is 2. The standard InChI is InChI=1S/C37H42ClN3O5.ClH/c1-22-6-3-4-7-29(22)30-11-13-32(35(42)40-37(46-36(43)44)26-17-23-16-24(19-26)20-27(37)18-23)39-34(30)25-8-12-31(38)33(21-25)45-15-5-14-41(2)28-9-10-28;/h3-4,6-8,11-13,21,23-24,26-28H,5,9-10,14-20H2,1-2H3,(H,40,42)(H,43,44);1H. The number of amides is 1. The van der Waals surface area contributed by atoms with Gasteiger partial charge in [0, 0.05) is 35.5 Å². The molecule has 0 radical (unpaired) electrons. The molecule has 5 saturated carbocycles. The van der Waals surface area contributed by atoms with Gasteiger partial charge < -0.3 is 24.8 Å². The topological polar surface area (TPSA) is 101 Å². The van der Waals surface area contributed by atoms with Crippen molar-refractivity contribution in [2.24, 2.45) is 23.7 Å². The van der Waals surface area contributed by atoms with Gasteiger partial charge in [0.25, 0.3) is 5.91 Å². The molecular formula is C37H43Cl2N3O5. The van der Waals surface area contributed by atoms with E-state index in [4.69, 9.17) is 26.1 Å². The largest absolute Gasteiger partial charge is 0.507 e. The first kappa shape index (κ1) is 33.6. The van der Waals surface area contributed by atoms with E-state index in [-0.39, 0.29) is 29.9 Å². The number of nitrogens with zero attached hydrogens (tertiary/aromatic N) is 2. The van der Waals surface area contributed by atoms with E-state index >= 15 is 0 Å². The van der Waals surface area contributed by atoms with Crippen LogP contribution in [0.3, 0.4) is 0 Å². The summed E-state index contributed by atoms with van der Waals surface area (Å²) in [6, 6.07) is 18.0. The summed E-state index contributed by atoms with van der Waals surface area (Å²) in [4.78, 5) is 33.4. The summed E-state index contributed by atoms with van der Waals surface area (Å²) in [7, 11) is 2.16. The summed E-state index contributed by atoms with van der Waals surface area (Å²) in [5.74, 6) is 1.22. The molecule has 2 aromatic carbocycles. The van der Waals surface area contributed by atoms with Crippen LogP contribution in [-0.2, 0) is 4.74 Å². The van der Waals surface area contributed by atoms with Gasteiger partial charge in [-0.1, -0.05) is 41.9 Å². The fourth-order valence-electron chi connectivity index (χ4n) is 8.52. The van der Waals surface area contributed by atoms with Crippen molar-refractivity contribution in [3.05, 3.63) is 70.9 Å². The Bertz CT molecular complexity index is 1620. The first-order valence-electron chi connectivity index (χ1n) is 16.6. The molecule has 5 aliphatic rings. The van der Waals surface area contributed by atoms with Gasteiger partial charge in [0.2, 0.25) is 0 Å². The van der Waals surface area contributed by atoms with Crippen molar-refractivity contribution in [3.8, 4) is 28.1 Å². The summed E-state index contributed by atoms with van der Waals surface area (Å²) < 4.78 is 11.8. The molecule has 3 aromatic rings. The Labute approximate surface area is 287 Å². The van der Waals surface area contributed by atoms with Gasteiger partial charge in [-0.2, -0.15) is 0 Å². The second-order valence-electron chi connectivity index (χ2n) is 13.9. The first-order chi connectivity index (χ1) is 22.2. The van der Waals surface area contributed by atoms with Gasteiger partial charge in [-0.05, 0) is 113 Å². The predicted octanol–water partition coefficient (Wildman–Crippen LogP) is 8.24. The minimum atomic E-state index is -1.36. The SMILES string of the molecule is Cc1ccccc1-c1ccc(C(=O)NC2(OC(=O)O)C3CC4CC(C3)CC2C4)nc1-c1ccc(Cl)c(OCCCN(C)C2CC2)c1.Cl. The van der Waals surface area contributed by atoms with E-state index in [0.29, 0.717) is 41.0 Å². The average molecular weight is 681 g/mol. The number of carbonyl (C=O) groups excluding carboxylic acids is 1. The number of aromatic nitrogens is 1. The van der Waals surface area contributed by atoms with Crippen LogP contribution in [0.4, 0.5) is 4.79 Å². The van der Waals surface area contributed by atoms with Crippen molar-refractivity contribution in [3.63, 3.8) is 0 Å². The van der Waals surface area contributed by atoms with E-state index in [1.165, 1.54) is 19.3 Å². The van der Waals surface area contributed by atoms with Gasteiger partial charge in [0.1, 0.15) is 11.4 Å². The van der Waals surface area contributed by atoms with Crippen LogP contribution in [0.5, 0.6) is 5.75 Å². The highest BCUT2D eigenvalue weighted by molar-refractivity contribution is 6.32. The first-order valence-corrected chi connectivity index (χ1v) is 17.0. The zero-order valence-corrected chi connectivity index (χ0v) is 28.5. The highest BCUT2D eigenvalue weighted by Gasteiger charge is 2.61. The molecule has 1 heterocycles. The lowest BCUT2D eigenvalue weighted by atomic mass is 9.52. The number of ether oxygens (including phenoxy) is 2. The second-order valence-corrected chi connectivity index (χ2v) is 14.3. The zero-order valence-electron chi connectivity index (χ0n) is 26.9. The number of carboxylic acid groups (broad SMARTS) is 1. The summed E-state index contributed by atoms with van der Waals surface area (Å²) >= 11 is 6.59. The Kier molecular flexibility index (Phi) is 9.75. The van der Waals surface area contributed by atoms with Crippen LogP contribution in [0.2, 0.25) is 5.02 Å². The maximum atomic E-state index is 14.0. The Morgan fingerprint density at radius 3 is 2.36 bits per heavy atom. The van der Waals surface area contributed by atoms with Crippen LogP contribution in [0.25, 0.3) is 22.4 Å². The molecule has 0 unspecified atom stereocenters. The molecule has 2 N–H and O–H groups in total. The highest BCUT2D eigenvalue weighted by Crippen LogP contribution is 2.58. The maximum absolute atomic E-state index is 14.0. The van der Waals surface area contributed by atoms with E-state index in [1.54, 1.807) is 6.07 Å². The highest BCUT2D eigenvalue weighted by atomic mass is 35.5. The fraction of sp³-hybridized carbons (Fsp3) is 0.486. The van der Waals surface area contributed by atoms with Gasteiger partial charge in [-0.15, -0.1) is 12.4 Å². The van der Waals surface area contributed by atoms with E-state index in [1.807, 2.05) is 55.5 Å². The molecule has 1 amide bonds. The second kappa shape index (κ2) is 13.7. The van der Waals surface area contributed by atoms with Crippen LogP contribution in [0.15, 0.2) is 54.6 Å². The normalized spacial score (nSPS) is 25.7. The van der Waals surface area contributed by atoms with Crippen LogP contribution >= 0.6 is 24.0 Å². The molecule has 5 aliphatic carbocycles. The molecule has 0 saturated heterocycles. The van der Waals surface area contributed by atoms with Crippen molar-refractivity contribution in [2.45, 2.75) is 70.1 Å². The quantitative estimate of drug-likeness (QED) is 0.120. The molecule has 0 spiro atoms. The number of pyridine rings is 1. The summed E-state index contributed by atoms with van der Waals surface area (Å²) in [6.07, 6.45) is 6.75. The van der Waals surface area contributed by atoms with Crippen LogP contribution < -0.4 is 10.1 Å². The van der Waals surface area contributed by atoms with Crippen molar-refractivity contribution < 1.29 is 24.2 Å². The van der Waals surface area contributed by atoms with Gasteiger partial charge in [-0.25, -0.2) is 9.78 Å². The lowest BCUT2D eigenvalue weighted by molar-refractivity contribution is -0.191. The number of carbonyl (C=O) groups is 2. The minimum absolute atomic E-state index is 0. The average Bonchev–Trinajstić information content (AvgIpc) is 3.88. The molecule has 250 valence electrons. The van der Waals surface area contributed by atoms with E-state index in [0.717, 1.165) is 60.9 Å². The molecule has 10 heteroatoms. The van der Waals surface area contributed by atoms with Crippen molar-refractivity contribution >= 4 is 36.1 Å². The Morgan fingerprint density at radius 2 is 1.70 bits per heavy atom. The Morgan fingerprint density at radius 1 is 1.00 bits per heavy atom. The molecule has 4 bridgehead atoms. The number of aryl methyl sites for hydroxylation is 1. The molecule has 47 heavy (non-hydrogen) atoms. The van der Waals surface area contributed by atoms with Crippen LogP contribution in [-0.4, -0.2) is 59.0 Å². The zero-order chi connectivity index (χ0) is 32.0. The van der Waals surface area contributed by atoms with E-state index in [9.17, 15) is 14.7 Å². The monoisotopic (exact) mass is 679 g/mol. The van der Waals surface area contributed by atoms with Crippen LogP contribution in [0.1, 0.15) is 67.4 Å². The molecule has 5 fully saturated rings. The van der Waals surface area contributed by atoms with E-state index in [2.05, 4.69) is 17.3 Å². The lowest BCUT2D eigenvalue weighted by Crippen LogP contribution is -2.68. The Hall–Kier alpha value is -3.33. The lowest BCUT2D eigenvalue weighted by Gasteiger charge is -2.59. The minimum Gasteiger partial charge on any atom is -0.492 e. The maximum Gasteiger partial charge on any atom is 0.507 e. The third kappa shape index (κ3) is 6.83. The number of hydrogen-bond acceptors (Lipinski definition) is 6. The van der Waals surface area contributed by atoms with Gasteiger partial charge >= 0.3 is 6.16 Å². The number of rotatable bonds is 11. The molecule has 0 aliphatic heterocycles. The third-order valence-corrected chi connectivity index (χ3v) is 11.1. The van der Waals surface area contributed by atoms with Crippen molar-refractivity contribution in [1.82, 2.24) is 15.2 Å². The molecule has 0 atom stereocenters. The molecular weight excluding hydrogens is 637 g/mol. The Balaban J connectivity index is 0.00000386. The van der Waals surface area contributed by atoms with Gasteiger partial charge in [0.05, 0.1) is 17.3 Å². The smallest absolute Gasteiger partial charge is 0.492 e. The third-order valence-electron chi connectivity index (χ3n) is 10.8. The molecule has 8 rings (SSSR count). The summed E-state index contributed by atoms with van der Waals surface area (Å²) in [5, 5.41) is 13.4. The van der Waals surface area contributed by atoms with Gasteiger partial charge in [-0.3, -0.25) is 4.79 Å². The molecule has 1 aromatic heterocycles.